The first-order chi connectivity index (χ1) is 15.8. The van der Waals surface area contributed by atoms with Gasteiger partial charge in [-0.3, -0.25) is 14.6 Å². The van der Waals surface area contributed by atoms with Crippen LogP contribution in [0, 0.1) is 0 Å². The Morgan fingerprint density at radius 1 is 0.939 bits per heavy atom. The third-order valence-corrected chi connectivity index (χ3v) is 6.90. The topological polar surface area (TPSA) is 53.0 Å². The molecule has 1 aliphatic carbocycles. The molecule has 172 valence electrons. The number of amides is 2. The fraction of sp³-hybridized carbons (Fsp3) is 0.400. The first kappa shape index (κ1) is 21.7. The van der Waals surface area contributed by atoms with Crippen molar-refractivity contribution in [2.45, 2.75) is 57.0 Å². The molecule has 8 heteroatoms. The predicted molar refractivity (Wildman–Crippen MR) is 116 cm³/mol. The smallest absolute Gasteiger partial charge is 0.332 e. The Kier molecular flexibility index (Phi) is 5.26. The first-order valence-electron chi connectivity index (χ1n) is 11.2. The van der Waals surface area contributed by atoms with Gasteiger partial charge in [0.15, 0.2) is 0 Å². The fourth-order valence-corrected chi connectivity index (χ4v) is 5.10. The summed E-state index contributed by atoms with van der Waals surface area (Å²) in [6.07, 6.45) is -0.346. The molecule has 5 nitrogen and oxygen atoms in total. The number of benzene rings is 2. The number of rotatable bonds is 3. The van der Waals surface area contributed by atoms with Crippen LogP contribution in [-0.2, 0) is 28.9 Å². The SMILES string of the molecule is O=C(CN1C(=O)C(c2ccc(C(F)(F)F)cc2)=NC12CCCCC2)N1Cc2ccccc2C1. The summed E-state index contributed by atoms with van der Waals surface area (Å²) in [5.41, 5.74) is 1.13. The number of alkyl halides is 3. The van der Waals surface area contributed by atoms with E-state index in [-0.39, 0.29) is 24.1 Å². The van der Waals surface area contributed by atoms with Crippen LogP contribution in [0.1, 0.15) is 54.4 Å². The zero-order valence-electron chi connectivity index (χ0n) is 18.1. The molecule has 0 atom stereocenters. The molecule has 2 aliphatic heterocycles. The van der Waals surface area contributed by atoms with E-state index in [0.717, 1.165) is 42.5 Å². The molecule has 3 aliphatic rings. The second-order valence-corrected chi connectivity index (χ2v) is 8.99. The van der Waals surface area contributed by atoms with E-state index >= 15 is 0 Å². The average Bonchev–Trinajstić information content (AvgIpc) is 3.35. The molecule has 0 radical (unpaired) electrons. The zero-order valence-corrected chi connectivity index (χ0v) is 18.1. The Labute approximate surface area is 189 Å². The van der Waals surface area contributed by atoms with E-state index in [2.05, 4.69) is 0 Å². The highest BCUT2D eigenvalue weighted by atomic mass is 19.4. The minimum Gasteiger partial charge on any atom is -0.332 e. The monoisotopic (exact) mass is 455 g/mol. The van der Waals surface area contributed by atoms with Crippen molar-refractivity contribution in [3.63, 3.8) is 0 Å². The normalized spacial score (nSPS) is 19.7. The minimum atomic E-state index is -4.45. The van der Waals surface area contributed by atoms with Gasteiger partial charge in [-0.25, -0.2) is 0 Å². The van der Waals surface area contributed by atoms with Crippen LogP contribution < -0.4 is 0 Å². The van der Waals surface area contributed by atoms with E-state index in [9.17, 15) is 22.8 Å². The van der Waals surface area contributed by atoms with Gasteiger partial charge >= 0.3 is 6.18 Å². The molecule has 0 N–H and O–H groups in total. The van der Waals surface area contributed by atoms with Gasteiger partial charge in [-0.1, -0.05) is 42.8 Å². The van der Waals surface area contributed by atoms with Gasteiger partial charge in [0.2, 0.25) is 5.91 Å². The van der Waals surface area contributed by atoms with Gasteiger partial charge in [0.05, 0.1) is 5.56 Å². The van der Waals surface area contributed by atoms with Gasteiger partial charge < -0.3 is 9.80 Å². The van der Waals surface area contributed by atoms with Crippen LogP contribution in [0.2, 0.25) is 0 Å². The summed E-state index contributed by atoms with van der Waals surface area (Å²) in [6, 6.07) is 12.4. The van der Waals surface area contributed by atoms with Crippen molar-refractivity contribution in [1.29, 1.82) is 0 Å². The maximum absolute atomic E-state index is 13.4. The van der Waals surface area contributed by atoms with Crippen LogP contribution in [-0.4, -0.2) is 39.5 Å². The largest absolute Gasteiger partial charge is 0.416 e. The summed E-state index contributed by atoms with van der Waals surface area (Å²) < 4.78 is 38.9. The molecule has 1 spiro atoms. The van der Waals surface area contributed by atoms with E-state index in [1.807, 2.05) is 24.3 Å². The van der Waals surface area contributed by atoms with Gasteiger partial charge in [-0.15, -0.1) is 0 Å². The predicted octanol–water partition coefficient (Wildman–Crippen LogP) is 4.54. The lowest BCUT2D eigenvalue weighted by Crippen LogP contribution is -2.52. The van der Waals surface area contributed by atoms with Crippen molar-refractivity contribution in [3.05, 3.63) is 70.8 Å². The van der Waals surface area contributed by atoms with Crippen LogP contribution >= 0.6 is 0 Å². The van der Waals surface area contributed by atoms with Crippen molar-refractivity contribution in [1.82, 2.24) is 9.80 Å². The Morgan fingerprint density at radius 3 is 2.12 bits per heavy atom. The summed E-state index contributed by atoms with van der Waals surface area (Å²) in [4.78, 5) is 34.7. The molecule has 1 fully saturated rings. The molecule has 0 unspecified atom stereocenters. The van der Waals surface area contributed by atoms with Crippen LogP contribution in [0.25, 0.3) is 0 Å². The molecule has 0 bridgehead atoms. The highest BCUT2D eigenvalue weighted by Crippen LogP contribution is 2.40. The fourth-order valence-electron chi connectivity index (χ4n) is 5.10. The van der Waals surface area contributed by atoms with Gasteiger partial charge in [0, 0.05) is 18.7 Å². The number of halogens is 3. The lowest BCUT2D eigenvalue weighted by Gasteiger charge is -2.39. The number of hydrogen-bond donors (Lipinski definition) is 0. The zero-order chi connectivity index (χ0) is 23.2. The summed E-state index contributed by atoms with van der Waals surface area (Å²) in [7, 11) is 0. The van der Waals surface area contributed by atoms with Crippen molar-refractivity contribution in [3.8, 4) is 0 Å². The quantitative estimate of drug-likeness (QED) is 0.683. The molecular formula is C25H24F3N3O2. The third-order valence-electron chi connectivity index (χ3n) is 6.90. The van der Waals surface area contributed by atoms with Crippen molar-refractivity contribution in [2.24, 2.45) is 4.99 Å². The van der Waals surface area contributed by atoms with Crippen molar-refractivity contribution < 1.29 is 22.8 Å². The average molecular weight is 455 g/mol. The number of aliphatic imine (C=N–C) groups is 1. The lowest BCUT2D eigenvalue weighted by atomic mass is 9.88. The number of fused-ring (bicyclic) bond motifs is 1. The van der Waals surface area contributed by atoms with Gasteiger partial charge in [-0.2, -0.15) is 13.2 Å². The van der Waals surface area contributed by atoms with E-state index < -0.39 is 17.4 Å². The standard InChI is InChI=1S/C25H24F3N3O2/c26-25(27,28)20-10-8-17(9-11-20)22-23(33)31(24(29-22)12-4-1-5-13-24)16-21(32)30-14-18-6-2-3-7-19(18)15-30/h2-3,6-11H,1,4-5,12-16H2. The number of hydrogen-bond acceptors (Lipinski definition) is 3. The van der Waals surface area contributed by atoms with Crippen LogP contribution in [0.3, 0.4) is 0 Å². The number of carbonyl (C=O) groups is 2. The molecule has 5 rings (SSSR count). The van der Waals surface area contributed by atoms with Crippen LogP contribution in [0.15, 0.2) is 53.5 Å². The second-order valence-electron chi connectivity index (χ2n) is 8.99. The van der Waals surface area contributed by atoms with E-state index in [0.29, 0.717) is 31.5 Å². The molecule has 2 aromatic carbocycles. The Bertz CT molecular complexity index is 1090. The maximum atomic E-state index is 13.4. The summed E-state index contributed by atoms with van der Waals surface area (Å²) >= 11 is 0. The highest BCUT2D eigenvalue weighted by Gasteiger charge is 2.48. The summed E-state index contributed by atoms with van der Waals surface area (Å²) in [6.45, 7) is 0.938. The summed E-state index contributed by atoms with van der Waals surface area (Å²) in [5.74, 6) is -0.532. The molecule has 1 saturated carbocycles. The highest BCUT2D eigenvalue weighted by molar-refractivity contribution is 6.47. The molecule has 33 heavy (non-hydrogen) atoms. The van der Waals surface area contributed by atoms with Gasteiger partial charge in [-0.05, 0) is 48.9 Å². The Hall–Kier alpha value is -3.16. The van der Waals surface area contributed by atoms with E-state index in [1.54, 1.807) is 9.80 Å². The van der Waals surface area contributed by atoms with E-state index in [4.69, 9.17) is 4.99 Å². The van der Waals surface area contributed by atoms with Gasteiger partial charge in [0.25, 0.3) is 5.91 Å². The first-order valence-corrected chi connectivity index (χ1v) is 11.2. The summed E-state index contributed by atoms with van der Waals surface area (Å²) in [5, 5.41) is 0. The molecule has 2 amide bonds. The molecule has 2 heterocycles. The van der Waals surface area contributed by atoms with Crippen LogP contribution in [0.5, 0.6) is 0 Å². The molecular weight excluding hydrogens is 431 g/mol. The molecule has 2 aromatic rings. The van der Waals surface area contributed by atoms with Crippen molar-refractivity contribution >= 4 is 17.5 Å². The van der Waals surface area contributed by atoms with Crippen LogP contribution in [0.4, 0.5) is 13.2 Å². The number of carbonyl (C=O) groups excluding carboxylic acids is 2. The maximum Gasteiger partial charge on any atom is 0.416 e. The minimum absolute atomic E-state index is 0.0829. The van der Waals surface area contributed by atoms with Crippen molar-refractivity contribution in [2.75, 3.05) is 6.54 Å². The Balaban J connectivity index is 1.39. The second kappa shape index (κ2) is 8.01. The third kappa shape index (κ3) is 3.92. The molecule has 0 aromatic heterocycles. The number of nitrogens with zero attached hydrogens (tertiary/aromatic N) is 3. The lowest BCUT2D eigenvalue weighted by molar-refractivity contribution is -0.141. The molecule has 0 saturated heterocycles. The van der Waals surface area contributed by atoms with Gasteiger partial charge in [0.1, 0.15) is 17.9 Å². The Morgan fingerprint density at radius 2 is 1.55 bits per heavy atom. The van der Waals surface area contributed by atoms with E-state index in [1.165, 1.54) is 12.1 Å².